The van der Waals surface area contributed by atoms with E-state index in [4.69, 9.17) is 11.5 Å². The minimum atomic E-state index is -4.06. The lowest BCUT2D eigenvalue weighted by Crippen LogP contribution is -2.41. The molecule has 1 aromatic rings. The van der Waals surface area contributed by atoms with Crippen LogP contribution in [-0.4, -0.2) is 25.3 Å². The van der Waals surface area contributed by atoms with Crippen molar-refractivity contribution in [3.8, 4) is 0 Å². The molecular weight excluding hydrogens is 284 g/mol. The van der Waals surface area contributed by atoms with Crippen LogP contribution in [0.1, 0.15) is 6.92 Å². The van der Waals surface area contributed by atoms with Crippen molar-refractivity contribution in [1.29, 1.82) is 0 Å². The lowest BCUT2D eigenvalue weighted by Gasteiger charge is -2.08. The number of hydrogen-bond donors (Lipinski definition) is 3. The first-order valence-electron chi connectivity index (χ1n) is 4.50. The molecule has 11 heteroatoms. The van der Waals surface area contributed by atoms with Gasteiger partial charge in [0.2, 0.25) is 5.91 Å². The summed E-state index contributed by atoms with van der Waals surface area (Å²) in [6.45, 7) is 1.26. The standard InChI is InChI=1S/C7H10N4O5S2/c1-3(6(8)12)10-18(15,16)5-2-4(11(13)14)7(9)17-5/h2-3,10H,9H2,1H3,(H2,8,12). The highest BCUT2D eigenvalue weighted by Crippen LogP contribution is 2.34. The zero-order valence-electron chi connectivity index (χ0n) is 9.11. The second kappa shape index (κ2) is 4.88. The third-order valence-electron chi connectivity index (χ3n) is 1.94. The highest BCUT2D eigenvalue weighted by atomic mass is 32.2. The number of thiophene rings is 1. The summed E-state index contributed by atoms with van der Waals surface area (Å²) in [5.74, 6) is -0.863. The third-order valence-corrected chi connectivity index (χ3v) is 4.91. The molecule has 0 aromatic carbocycles. The van der Waals surface area contributed by atoms with Crippen LogP contribution in [0.4, 0.5) is 10.7 Å². The molecule has 1 unspecified atom stereocenters. The van der Waals surface area contributed by atoms with Gasteiger partial charge in [-0.3, -0.25) is 14.9 Å². The molecule has 5 N–H and O–H groups in total. The molecule has 1 rings (SSSR count). The molecule has 0 aliphatic heterocycles. The van der Waals surface area contributed by atoms with Gasteiger partial charge in [0.15, 0.2) is 5.00 Å². The number of rotatable bonds is 5. The molecule has 1 heterocycles. The van der Waals surface area contributed by atoms with Crippen molar-refractivity contribution in [2.75, 3.05) is 5.73 Å². The summed E-state index contributed by atoms with van der Waals surface area (Å²) in [6.07, 6.45) is 0. The summed E-state index contributed by atoms with van der Waals surface area (Å²) in [7, 11) is -4.06. The number of nitrogens with two attached hydrogens (primary N) is 2. The van der Waals surface area contributed by atoms with Crippen molar-refractivity contribution >= 4 is 38.0 Å². The fraction of sp³-hybridized carbons (Fsp3) is 0.286. The maximum absolute atomic E-state index is 11.7. The second-order valence-corrected chi connectivity index (χ2v) is 6.34. The van der Waals surface area contributed by atoms with Gasteiger partial charge in [-0.15, -0.1) is 0 Å². The van der Waals surface area contributed by atoms with E-state index >= 15 is 0 Å². The van der Waals surface area contributed by atoms with Crippen molar-refractivity contribution in [2.45, 2.75) is 17.2 Å². The molecular formula is C7H10N4O5S2. The van der Waals surface area contributed by atoms with Gasteiger partial charge in [0.05, 0.1) is 11.0 Å². The molecule has 9 nitrogen and oxygen atoms in total. The Morgan fingerprint density at radius 1 is 1.61 bits per heavy atom. The van der Waals surface area contributed by atoms with E-state index in [1.807, 2.05) is 4.72 Å². The van der Waals surface area contributed by atoms with Crippen LogP contribution in [0.2, 0.25) is 0 Å². The predicted octanol–water partition coefficient (Wildman–Crippen LogP) is -0.609. The number of carbonyl (C=O) groups is 1. The number of nitrogens with zero attached hydrogens (tertiary/aromatic N) is 1. The zero-order chi connectivity index (χ0) is 14.1. The molecule has 0 saturated carbocycles. The number of carbonyl (C=O) groups excluding carboxylic acids is 1. The quantitative estimate of drug-likeness (QED) is 0.485. The molecule has 0 radical (unpaired) electrons. The van der Waals surface area contributed by atoms with E-state index in [1.54, 1.807) is 0 Å². The number of hydrogen-bond acceptors (Lipinski definition) is 7. The van der Waals surface area contributed by atoms with E-state index in [-0.39, 0.29) is 9.21 Å². The number of anilines is 1. The molecule has 1 atom stereocenters. The van der Waals surface area contributed by atoms with Crippen LogP contribution in [0.5, 0.6) is 0 Å². The van der Waals surface area contributed by atoms with E-state index in [0.717, 1.165) is 6.07 Å². The lowest BCUT2D eigenvalue weighted by molar-refractivity contribution is -0.383. The van der Waals surface area contributed by atoms with Crippen molar-refractivity contribution in [3.63, 3.8) is 0 Å². The second-order valence-electron chi connectivity index (χ2n) is 3.32. The normalized spacial score (nSPS) is 13.2. The van der Waals surface area contributed by atoms with Gasteiger partial charge in [-0.25, -0.2) is 8.42 Å². The van der Waals surface area contributed by atoms with Crippen molar-refractivity contribution in [3.05, 3.63) is 16.2 Å². The maximum Gasteiger partial charge on any atom is 0.304 e. The first-order chi connectivity index (χ1) is 8.15. The molecule has 0 spiro atoms. The summed E-state index contributed by atoms with van der Waals surface area (Å²) in [5, 5.41) is 10.3. The van der Waals surface area contributed by atoms with Crippen molar-refractivity contribution in [1.82, 2.24) is 4.72 Å². The van der Waals surface area contributed by atoms with Crippen LogP contribution < -0.4 is 16.2 Å². The molecule has 0 bridgehead atoms. The van der Waals surface area contributed by atoms with E-state index in [9.17, 15) is 23.3 Å². The number of nitro groups is 1. The minimum absolute atomic E-state index is 0.230. The Hall–Kier alpha value is -1.72. The Bertz CT molecular complexity index is 593. The molecule has 0 aliphatic carbocycles. The van der Waals surface area contributed by atoms with Crippen LogP contribution in [0.3, 0.4) is 0 Å². The average Bonchev–Trinajstić information content (AvgIpc) is 2.60. The number of sulfonamides is 1. The van der Waals surface area contributed by atoms with Gasteiger partial charge in [-0.1, -0.05) is 11.3 Å². The summed E-state index contributed by atoms with van der Waals surface area (Å²) < 4.78 is 25.1. The smallest absolute Gasteiger partial charge is 0.304 e. The molecule has 0 saturated heterocycles. The van der Waals surface area contributed by atoms with Gasteiger partial charge in [-0.2, -0.15) is 4.72 Å². The summed E-state index contributed by atoms with van der Waals surface area (Å²) >= 11 is 0.537. The van der Waals surface area contributed by atoms with Gasteiger partial charge in [0.1, 0.15) is 4.21 Å². The number of nitrogen functional groups attached to an aromatic ring is 1. The van der Waals surface area contributed by atoms with E-state index < -0.39 is 32.6 Å². The van der Waals surface area contributed by atoms with Crippen LogP contribution in [0.25, 0.3) is 0 Å². The van der Waals surface area contributed by atoms with E-state index in [0.29, 0.717) is 11.3 Å². The Morgan fingerprint density at radius 3 is 2.56 bits per heavy atom. The molecule has 0 aliphatic rings. The van der Waals surface area contributed by atoms with E-state index in [1.165, 1.54) is 6.92 Å². The Morgan fingerprint density at radius 2 is 2.17 bits per heavy atom. The van der Waals surface area contributed by atoms with Gasteiger partial charge < -0.3 is 11.5 Å². The van der Waals surface area contributed by atoms with Gasteiger partial charge in [-0.05, 0) is 6.92 Å². The van der Waals surface area contributed by atoms with Crippen LogP contribution in [-0.2, 0) is 14.8 Å². The largest absolute Gasteiger partial charge is 0.385 e. The Kier molecular flexibility index (Phi) is 3.88. The van der Waals surface area contributed by atoms with Crippen LogP contribution in [0.15, 0.2) is 10.3 Å². The van der Waals surface area contributed by atoms with Crippen LogP contribution >= 0.6 is 11.3 Å². The minimum Gasteiger partial charge on any atom is -0.385 e. The monoisotopic (exact) mass is 294 g/mol. The topological polar surface area (TPSA) is 158 Å². The Balaban J connectivity index is 3.10. The highest BCUT2D eigenvalue weighted by Gasteiger charge is 2.27. The van der Waals surface area contributed by atoms with Gasteiger partial charge in [0, 0.05) is 6.07 Å². The number of nitrogens with one attached hydrogen (secondary N) is 1. The Labute approximate surface area is 106 Å². The SMILES string of the molecule is CC(NS(=O)(=O)c1cc([N+](=O)[O-])c(N)s1)C(N)=O. The number of amides is 1. The highest BCUT2D eigenvalue weighted by molar-refractivity contribution is 7.91. The summed E-state index contributed by atoms with van der Waals surface area (Å²) in [6, 6.07) is -0.298. The fourth-order valence-corrected chi connectivity index (χ4v) is 3.44. The van der Waals surface area contributed by atoms with E-state index in [2.05, 4.69) is 0 Å². The third kappa shape index (κ3) is 2.94. The lowest BCUT2D eigenvalue weighted by atomic mass is 10.4. The molecule has 18 heavy (non-hydrogen) atoms. The average molecular weight is 294 g/mol. The van der Waals surface area contributed by atoms with Gasteiger partial charge in [0.25, 0.3) is 10.0 Å². The fourth-order valence-electron chi connectivity index (χ4n) is 0.997. The van der Waals surface area contributed by atoms with Gasteiger partial charge >= 0.3 is 5.69 Å². The van der Waals surface area contributed by atoms with Crippen molar-refractivity contribution in [2.24, 2.45) is 5.73 Å². The van der Waals surface area contributed by atoms with Crippen molar-refractivity contribution < 1.29 is 18.1 Å². The maximum atomic E-state index is 11.7. The molecule has 100 valence electrons. The molecule has 0 fully saturated rings. The molecule has 1 aromatic heterocycles. The van der Waals surface area contributed by atoms with Crippen LogP contribution in [0, 0.1) is 10.1 Å². The summed E-state index contributed by atoms with van der Waals surface area (Å²) in [4.78, 5) is 20.5. The summed E-state index contributed by atoms with van der Waals surface area (Å²) in [5.41, 5.74) is 9.74. The zero-order valence-corrected chi connectivity index (χ0v) is 10.7. The molecule has 1 amide bonds. The first-order valence-corrected chi connectivity index (χ1v) is 6.80. The predicted molar refractivity (Wildman–Crippen MR) is 64.4 cm³/mol. The number of primary amides is 1. The first kappa shape index (κ1) is 14.3.